The summed E-state index contributed by atoms with van der Waals surface area (Å²) in [5.74, 6) is -0.00804. The van der Waals surface area contributed by atoms with Crippen molar-refractivity contribution in [1.29, 1.82) is 0 Å². The van der Waals surface area contributed by atoms with Gasteiger partial charge in [0, 0.05) is 17.1 Å². The van der Waals surface area contributed by atoms with Crippen LogP contribution in [0.25, 0.3) is 12.2 Å². The number of methoxy groups -OCH3 is 2. The third-order valence-corrected chi connectivity index (χ3v) is 8.07. The summed E-state index contributed by atoms with van der Waals surface area (Å²) in [7, 11) is -7.46. The SMILES string of the molecule is COc1nc(Cl)nc(Nc2ccc(C=Cc3ccc(Nc4nc(Nc5ccccc5)nc(OC)n4)cc3S(=O)(=O)[O-])c(S(=O)(=O)[O-])c2)n1.[Na+].[Na+]. The van der Waals surface area contributed by atoms with E-state index in [0.717, 1.165) is 12.1 Å². The molecule has 3 N–H and O–H groups in total. The number of hydrogen-bond donors (Lipinski definition) is 3. The number of benzene rings is 3. The number of nitrogens with one attached hydrogen (secondary N) is 3. The Morgan fingerprint density at radius 2 is 1.02 bits per heavy atom. The average Bonchev–Trinajstić information content (AvgIpc) is 3.03. The van der Waals surface area contributed by atoms with Crippen LogP contribution in [0.3, 0.4) is 0 Å². The molecule has 0 aliphatic carbocycles. The van der Waals surface area contributed by atoms with E-state index in [2.05, 4.69) is 45.9 Å². The average molecular weight is 758 g/mol. The number of halogens is 1. The standard InChI is InChI=1S/C28H24ClN9O8S2.2Na/c1-45-27-34-23(29)33-24(36-27)31-19-12-10-16(21(14-19)47(39,40)41)8-9-17-11-13-20(15-22(17)48(42,43)44)32-26-35-25(37-28(38-26)46-2)30-18-6-4-3-5-7-18;;/h3-15H,1-2H3,(H,39,40,41)(H,42,43,44)(H,31,33,34,36)(H2,30,32,35,37,38);;/q;2*+1/p-2. The minimum atomic E-state index is -5.06. The number of para-hydroxylation sites is 1. The molecule has 5 aromatic rings. The Bertz CT molecular complexity index is 2240. The summed E-state index contributed by atoms with van der Waals surface area (Å²) in [6, 6.07) is 16.3. The summed E-state index contributed by atoms with van der Waals surface area (Å²) in [5, 5.41) is 8.31. The molecule has 17 nitrogen and oxygen atoms in total. The van der Waals surface area contributed by atoms with Gasteiger partial charge in [-0.05, 0) is 59.1 Å². The summed E-state index contributed by atoms with van der Waals surface area (Å²) in [4.78, 5) is 22.7. The molecule has 50 heavy (non-hydrogen) atoms. The summed E-state index contributed by atoms with van der Waals surface area (Å²) in [6.45, 7) is 0. The van der Waals surface area contributed by atoms with Crippen LogP contribution >= 0.6 is 11.6 Å². The minimum absolute atomic E-state index is 0. The maximum absolute atomic E-state index is 12.3. The summed E-state index contributed by atoms with van der Waals surface area (Å²) < 4.78 is 83.3. The van der Waals surface area contributed by atoms with E-state index in [-0.39, 0.29) is 117 Å². The first kappa shape index (κ1) is 41.0. The van der Waals surface area contributed by atoms with Crippen LogP contribution in [0.5, 0.6) is 12.0 Å². The largest absolute Gasteiger partial charge is 1.00 e. The molecule has 0 aliphatic rings. The van der Waals surface area contributed by atoms with Crippen molar-refractivity contribution in [2.75, 3.05) is 30.2 Å². The molecule has 0 bridgehead atoms. The van der Waals surface area contributed by atoms with Crippen LogP contribution in [0.1, 0.15) is 11.1 Å². The van der Waals surface area contributed by atoms with E-state index in [0.29, 0.717) is 5.69 Å². The number of rotatable bonds is 12. The van der Waals surface area contributed by atoms with Crippen molar-refractivity contribution < 1.29 is 94.5 Å². The molecule has 5 rings (SSSR count). The van der Waals surface area contributed by atoms with Crippen LogP contribution in [-0.4, -0.2) is 70.1 Å². The van der Waals surface area contributed by atoms with Crippen LogP contribution < -0.4 is 84.5 Å². The first-order valence-electron chi connectivity index (χ1n) is 13.3. The van der Waals surface area contributed by atoms with Crippen LogP contribution in [-0.2, 0) is 20.2 Å². The van der Waals surface area contributed by atoms with Gasteiger partial charge in [-0.2, -0.15) is 29.9 Å². The van der Waals surface area contributed by atoms with Gasteiger partial charge in [-0.1, -0.05) is 42.5 Å². The summed E-state index contributed by atoms with van der Waals surface area (Å²) in [5.41, 5.74) is 0.697. The monoisotopic (exact) mass is 757 g/mol. The van der Waals surface area contributed by atoms with Crippen LogP contribution in [0.4, 0.5) is 34.9 Å². The van der Waals surface area contributed by atoms with Gasteiger partial charge in [0.2, 0.25) is 23.1 Å². The fourth-order valence-corrected chi connectivity index (χ4v) is 5.60. The fourth-order valence-electron chi connectivity index (χ4n) is 4.06. The molecule has 0 saturated heterocycles. The molecule has 0 aliphatic heterocycles. The molecule has 0 unspecified atom stereocenters. The van der Waals surface area contributed by atoms with Crippen molar-refractivity contribution >= 4 is 78.9 Å². The van der Waals surface area contributed by atoms with Crippen LogP contribution in [0.15, 0.2) is 76.5 Å². The second-order valence-electron chi connectivity index (χ2n) is 9.37. The normalized spacial score (nSPS) is 11.2. The van der Waals surface area contributed by atoms with E-state index in [1.54, 1.807) is 12.1 Å². The molecule has 248 valence electrons. The van der Waals surface area contributed by atoms with Crippen molar-refractivity contribution in [3.63, 3.8) is 0 Å². The van der Waals surface area contributed by atoms with E-state index < -0.39 is 30.0 Å². The molecule has 3 aromatic carbocycles. The Kier molecular flexibility index (Phi) is 14.5. The number of nitrogens with zero attached hydrogens (tertiary/aromatic N) is 6. The molecule has 0 spiro atoms. The van der Waals surface area contributed by atoms with Gasteiger partial charge < -0.3 is 34.5 Å². The number of hydrogen-bond acceptors (Lipinski definition) is 17. The summed E-state index contributed by atoms with van der Waals surface area (Å²) >= 11 is 5.84. The molecule has 2 aromatic heterocycles. The molecular formula is C28H22ClN9Na2O8S2. The number of anilines is 6. The third kappa shape index (κ3) is 11.0. The maximum atomic E-state index is 12.3. The predicted molar refractivity (Wildman–Crippen MR) is 172 cm³/mol. The molecule has 0 saturated carbocycles. The molecule has 2 heterocycles. The Hall–Kier alpha value is -3.47. The molecule has 22 heteroatoms. The number of aromatic nitrogens is 6. The van der Waals surface area contributed by atoms with Gasteiger partial charge in [0.05, 0.1) is 24.0 Å². The van der Waals surface area contributed by atoms with Crippen molar-refractivity contribution in [1.82, 2.24) is 29.9 Å². The minimum Gasteiger partial charge on any atom is -0.744 e. The maximum Gasteiger partial charge on any atom is 1.00 e. The quantitative estimate of drug-likeness (QED) is 0.0704. The fraction of sp³-hybridized carbons (Fsp3) is 0.0714. The first-order valence-corrected chi connectivity index (χ1v) is 16.5. The zero-order valence-electron chi connectivity index (χ0n) is 26.6. The predicted octanol–water partition coefficient (Wildman–Crippen LogP) is -2.06. The Morgan fingerprint density at radius 3 is 1.46 bits per heavy atom. The van der Waals surface area contributed by atoms with E-state index in [1.807, 2.05) is 18.2 Å². The smallest absolute Gasteiger partial charge is 0.744 e. The Morgan fingerprint density at radius 1 is 0.600 bits per heavy atom. The molecule has 0 fully saturated rings. The zero-order valence-corrected chi connectivity index (χ0v) is 33.0. The molecule has 0 radical (unpaired) electrons. The second-order valence-corrected chi connectivity index (χ2v) is 12.4. The topological polar surface area (TPSA) is 246 Å². The van der Waals surface area contributed by atoms with Gasteiger partial charge in [0.1, 0.15) is 20.2 Å². The van der Waals surface area contributed by atoms with E-state index in [1.165, 1.54) is 50.6 Å². The molecule has 0 atom stereocenters. The van der Waals surface area contributed by atoms with Crippen molar-refractivity contribution in [2.45, 2.75) is 9.79 Å². The van der Waals surface area contributed by atoms with Crippen molar-refractivity contribution in [3.05, 3.63) is 83.1 Å². The van der Waals surface area contributed by atoms with Crippen LogP contribution in [0, 0.1) is 0 Å². The van der Waals surface area contributed by atoms with Gasteiger partial charge >= 0.3 is 71.1 Å². The van der Waals surface area contributed by atoms with E-state index in [9.17, 15) is 25.9 Å². The van der Waals surface area contributed by atoms with Gasteiger partial charge in [-0.3, -0.25) is 0 Å². The van der Waals surface area contributed by atoms with Gasteiger partial charge in [0.25, 0.3) is 0 Å². The number of ether oxygens (including phenoxy) is 2. The third-order valence-electron chi connectivity index (χ3n) is 6.12. The Balaban J connectivity index is 0.00000338. The second kappa shape index (κ2) is 17.6. The first-order chi connectivity index (χ1) is 22.8. The van der Waals surface area contributed by atoms with Crippen molar-refractivity contribution in [3.8, 4) is 12.0 Å². The molecular weight excluding hydrogens is 736 g/mol. The Labute approximate surface area is 335 Å². The molecule has 0 amide bonds. The summed E-state index contributed by atoms with van der Waals surface area (Å²) in [6.07, 6.45) is 2.35. The van der Waals surface area contributed by atoms with Crippen LogP contribution in [0.2, 0.25) is 5.28 Å². The zero-order chi connectivity index (χ0) is 34.5. The van der Waals surface area contributed by atoms with Crippen molar-refractivity contribution in [2.24, 2.45) is 0 Å². The van der Waals surface area contributed by atoms with Gasteiger partial charge in [-0.15, -0.1) is 0 Å². The van der Waals surface area contributed by atoms with Gasteiger partial charge in [-0.25, -0.2) is 16.8 Å². The van der Waals surface area contributed by atoms with E-state index in [4.69, 9.17) is 21.1 Å². The van der Waals surface area contributed by atoms with Gasteiger partial charge in [0.15, 0.2) is 0 Å². The van der Waals surface area contributed by atoms with E-state index >= 15 is 0 Å².